The zero-order chi connectivity index (χ0) is 20.2. The summed E-state index contributed by atoms with van der Waals surface area (Å²) in [5.74, 6) is 0.790. The second kappa shape index (κ2) is 8.66. The van der Waals surface area contributed by atoms with Crippen molar-refractivity contribution in [2.75, 3.05) is 26.8 Å². The predicted octanol–water partition coefficient (Wildman–Crippen LogP) is 3.45. The third kappa shape index (κ3) is 4.43. The number of pyridine rings is 1. The lowest BCUT2D eigenvalue weighted by Gasteiger charge is -2.25. The number of rotatable bonds is 7. The number of amides is 1. The number of hydrogen-bond acceptors (Lipinski definition) is 4. The van der Waals surface area contributed by atoms with Gasteiger partial charge in [0, 0.05) is 38.3 Å². The topological polar surface area (TPSA) is 56.6 Å². The second-order valence-electron chi connectivity index (χ2n) is 7.52. The molecule has 6 nitrogen and oxygen atoms in total. The Bertz CT molecular complexity index is 975. The molecule has 2 aromatic heterocycles. The summed E-state index contributed by atoms with van der Waals surface area (Å²) in [6.07, 6.45) is 4.89. The van der Waals surface area contributed by atoms with Gasteiger partial charge in [-0.3, -0.25) is 4.79 Å². The molecule has 1 saturated heterocycles. The van der Waals surface area contributed by atoms with Gasteiger partial charge in [0.2, 0.25) is 0 Å². The first-order chi connectivity index (χ1) is 14.1. The van der Waals surface area contributed by atoms with Crippen LogP contribution in [0.15, 0.2) is 48.7 Å². The van der Waals surface area contributed by atoms with E-state index in [9.17, 15) is 4.79 Å². The van der Waals surface area contributed by atoms with Gasteiger partial charge in [-0.1, -0.05) is 12.1 Å². The van der Waals surface area contributed by atoms with Crippen molar-refractivity contribution in [2.24, 2.45) is 7.05 Å². The molecule has 1 unspecified atom stereocenters. The van der Waals surface area contributed by atoms with Crippen molar-refractivity contribution in [3.8, 4) is 5.75 Å². The molecule has 0 bridgehead atoms. The van der Waals surface area contributed by atoms with Crippen LogP contribution in [0, 0.1) is 0 Å². The van der Waals surface area contributed by atoms with E-state index in [0.29, 0.717) is 18.8 Å². The van der Waals surface area contributed by atoms with E-state index in [2.05, 4.69) is 4.98 Å². The lowest BCUT2D eigenvalue weighted by molar-refractivity contribution is 0.0524. The number of methoxy groups -OCH3 is 1. The number of hydrogen-bond donors (Lipinski definition) is 0. The Kier molecular flexibility index (Phi) is 5.81. The maximum Gasteiger partial charge on any atom is 0.272 e. The van der Waals surface area contributed by atoms with Crippen LogP contribution in [0.4, 0.5) is 0 Å². The Morgan fingerprint density at radius 3 is 2.79 bits per heavy atom. The SMILES string of the molecule is COc1ccc(CCN(CC2CCCO2)C(=O)c2ccc3ccn(C)c3n2)cc1. The Hall–Kier alpha value is -2.86. The molecule has 0 saturated carbocycles. The highest BCUT2D eigenvalue weighted by Crippen LogP contribution is 2.18. The van der Waals surface area contributed by atoms with Crippen LogP contribution in [0.5, 0.6) is 5.75 Å². The summed E-state index contributed by atoms with van der Waals surface area (Å²) in [7, 11) is 3.60. The minimum absolute atomic E-state index is 0.0443. The fourth-order valence-electron chi connectivity index (χ4n) is 3.78. The van der Waals surface area contributed by atoms with Crippen LogP contribution in [0.1, 0.15) is 28.9 Å². The van der Waals surface area contributed by atoms with Crippen LogP contribution in [0.25, 0.3) is 11.0 Å². The number of aryl methyl sites for hydroxylation is 1. The lowest BCUT2D eigenvalue weighted by atomic mass is 10.1. The van der Waals surface area contributed by atoms with E-state index >= 15 is 0 Å². The minimum atomic E-state index is -0.0443. The first-order valence-electron chi connectivity index (χ1n) is 10.1. The molecule has 3 aromatic rings. The number of fused-ring (bicyclic) bond motifs is 1. The number of carbonyl (C=O) groups is 1. The number of nitrogens with zero attached hydrogens (tertiary/aromatic N) is 3. The maximum absolute atomic E-state index is 13.3. The summed E-state index contributed by atoms with van der Waals surface area (Å²) >= 11 is 0. The van der Waals surface area contributed by atoms with Gasteiger partial charge in [0.25, 0.3) is 5.91 Å². The van der Waals surface area contributed by atoms with Gasteiger partial charge < -0.3 is 18.9 Å². The summed E-state index contributed by atoms with van der Waals surface area (Å²) < 4.78 is 13.0. The van der Waals surface area contributed by atoms with E-state index in [1.807, 2.05) is 65.2 Å². The summed E-state index contributed by atoms with van der Waals surface area (Å²) in [5, 5.41) is 1.04. The van der Waals surface area contributed by atoms with E-state index in [1.165, 1.54) is 5.56 Å². The maximum atomic E-state index is 13.3. The molecule has 1 aromatic carbocycles. The summed E-state index contributed by atoms with van der Waals surface area (Å²) in [4.78, 5) is 19.8. The molecule has 1 atom stereocenters. The fraction of sp³-hybridized carbons (Fsp3) is 0.391. The molecule has 29 heavy (non-hydrogen) atoms. The van der Waals surface area contributed by atoms with E-state index < -0.39 is 0 Å². The van der Waals surface area contributed by atoms with Gasteiger partial charge in [-0.05, 0) is 55.2 Å². The summed E-state index contributed by atoms with van der Waals surface area (Å²) in [6.45, 7) is 2.00. The number of aromatic nitrogens is 2. The smallest absolute Gasteiger partial charge is 0.272 e. The third-order valence-corrected chi connectivity index (χ3v) is 5.50. The lowest BCUT2D eigenvalue weighted by Crippen LogP contribution is -2.39. The average Bonchev–Trinajstić information content (AvgIpc) is 3.40. The van der Waals surface area contributed by atoms with Crippen molar-refractivity contribution in [3.63, 3.8) is 0 Å². The van der Waals surface area contributed by atoms with Crippen molar-refractivity contribution in [1.82, 2.24) is 14.5 Å². The minimum Gasteiger partial charge on any atom is -0.497 e. The van der Waals surface area contributed by atoms with Gasteiger partial charge in [-0.2, -0.15) is 0 Å². The van der Waals surface area contributed by atoms with Gasteiger partial charge in [0.1, 0.15) is 17.1 Å². The summed E-state index contributed by atoms with van der Waals surface area (Å²) in [6, 6.07) is 13.8. The van der Waals surface area contributed by atoms with Crippen LogP contribution in [0.3, 0.4) is 0 Å². The van der Waals surface area contributed by atoms with E-state index in [-0.39, 0.29) is 12.0 Å². The highest BCUT2D eigenvalue weighted by Gasteiger charge is 2.24. The third-order valence-electron chi connectivity index (χ3n) is 5.50. The molecule has 0 aliphatic carbocycles. The van der Waals surface area contributed by atoms with Crippen molar-refractivity contribution in [3.05, 3.63) is 59.9 Å². The second-order valence-corrected chi connectivity index (χ2v) is 7.52. The number of ether oxygens (including phenoxy) is 2. The Labute approximate surface area is 171 Å². The number of carbonyl (C=O) groups excluding carboxylic acids is 1. The predicted molar refractivity (Wildman–Crippen MR) is 112 cm³/mol. The van der Waals surface area contributed by atoms with Gasteiger partial charge in [0.15, 0.2) is 0 Å². The van der Waals surface area contributed by atoms with Crippen LogP contribution >= 0.6 is 0 Å². The molecule has 1 aliphatic rings. The largest absolute Gasteiger partial charge is 0.497 e. The van der Waals surface area contributed by atoms with Crippen molar-refractivity contribution >= 4 is 16.9 Å². The monoisotopic (exact) mass is 393 g/mol. The van der Waals surface area contributed by atoms with Crippen LogP contribution in [-0.2, 0) is 18.2 Å². The van der Waals surface area contributed by atoms with Gasteiger partial charge in [-0.25, -0.2) is 4.98 Å². The molecule has 152 valence electrons. The fourth-order valence-corrected chi connectivity index (χ4v) is 3.78. The zero-order valence-corrected chi connectivity index (χ0v) is 17.0. The van der Waals surface area contributed by atoms with Crippen molar-refractivity contribution in [1.29, 1.82) is 0 Å². The molecule has 3 heterocycles. The molecular formula is C23H27N3O3. The Balaban J connectivity index is 1.52. The molecule has 1 amide bonds. The average molecular weight is 393 g/mol. The van der Waals surface area contributed by atoms with E-state index in [4.69, 9.17) is 9.47 Å². The summed E-state index contributed by atoms with van der Waals surface area (Å²) in [5.41, 5.74) is 2.47. The molecule has 4 rings (SSSR count). The van der Waals surface area contributed by atoms with E-state index in [0.717, 1.165) is 42.7 Å². The molecule has 6 heteroatoms. The quantitative estimate of drug-likeness (QED) is 0.617. The van der Waals surface area contributed by atoms with Gasteiger partial charge >= 0.3 is 0 Å². The molecule has 0 N–H and O–H groups in total. The first kappa shape index (κ1) is 19.5. The normalized spacial score (nSPS) is 16.3. The molecule has 1 fully saturated rings. The van der Waals surface area contributed by atoms with Crippen LogP contribution in [0.2, 0.25) is 0 Å². The standard InChI is InChI=1S/C23H27N3O3/c1-25-13-12-18-7-10-21(24-22(18)25)23(27)26(16-20-4-3-15-29-20)14-11-17-5-8-19(28-2)9-6-17/h5-10,12-13,20H,3-4,11,14-16H2,1-2H3. The van der Waals surface area contributed by atoms with Crippen molar-refractivity contribution < 1.29 is 14.3 Å². The number of benzene rings is 1. The van der Waals surface area contributed by atoms with Crippen LogP contribution in [-0.4, -0.2) is 53.3 Å². The zero-order valence-electron chi connectivity index (χ0n) is 17.0. The Morgan fingerprint density at radius 1 is 1.24 bits per heavy atom. The van der Waals surface area contributed by atoms with Gasteiger partial charge in [0.05, 0.1) is 13.2 Å². The van der Waals surface area contributed by atoms with Crippen LogP contribution < -0.4 is 4.74 Å². The molecule has 0 spiro atoms. The van der Waals surface area contributed by atoms with E-state index in [1.54, 1.807) is 7.11 Å². The molecule has 1 aliphatic heterocycles. The van der Waals surface area contributed by atoms with Gasteiger partial charge in [-0.15, -0.1) is 0 Å². The first-order valence-corrected chi connectivity index (χ1v) is 10.1. The Morgan fingerprint density at radius 2 is 2.07 bits per heavy atom. The highest BCUT2D eigenvalue weighted by atomic mass is 16.5. The molecule has 0 radical (unpaired) electrons. The molecular weight excluding hydrogens is 366 g/mol. The van der Waals surface area contributed by atoms with Crippen molar-refractivity contribution in [2.45, 2.75) is 25.4 Å². The highest BCUT2D eigenvalue weighted by molar-refractivity contribution is 5.94.